The lowest BCUT2D eigenvalue weighted by atomic mass is 10.1. The first-order chi connectivity index (χ1) is 9.25. The molecule has 0 unspecified atom stereocenters. The maximum absolute atomic E-state index is 12.4. The molecule has 3 heterocycles. The van der Waals surface area contributed by atoms with Crippen LogP contribution in [0.1, 0.15) is 18.7 Å². The minimum Gasteiger partial charge on any atom is -0.320 e. The van der Waals surface area contributed by atoms with Gasteiger partial charge in [-0.1, -0.05) is 0 Å². The molecule has 0 saturated carbocycles. The van der Waals surface area contributed by atoms with E-state index in [0.717, 1.165) is 44.8 Å². The number of carbonyl (C=O) groups excluding carboxylic acids is 1. The van der Waals surface area contributed by atoms with Crippen LogP contribution in [-0.2, 0) is 13.6 Å². The van der Waals surface area contributed by atoms with Gasteiger partial charge in [0.25, 0.3) is 0 Å². The molecule has 0 atom stereocenters. The van der Waals surface area contributed by atoms with E-state index in [2.05, 4.69) is 15.4 Å². The summed E-state index contributed by atoms with van der Waals surface area (Å²) in [5.74, 6) is 0.834. The first-order valence-electron chi connectivity index (χ1n) is 6.85. The summed E-state index contributed by atoms with van der Waals surface area (Å²) in [6.07, 6.45) is 3.65. The van der Waals surface area contributed by atoms with Crippen molar-refractivity contribution in [3.8, 4) is 0 Å². The molecule has 1 N–H and O–H groups in total. The molecule has 0 radical (unpaired) electrons. The van der Waals surface area contributed by atoms with E-state index in [1.165, 1.54) is 6.33 Å². The van der Waals surface area contributed by atoms with Gasteiger partial charge in [0.1, 0.15) is 12.2 Å². The first-order valence-corrected chi connectivity index (χ1v) is 6.85. The number of aromatic nitrogens is 3. The smallest absolute Gasteiger partial charge is 0.320 e. The normalized spacial score (nSPS) is 21.4. The highest BCUT2D eigenvalue weighted by atomic mass is 16.2. The molecule has 7 nitrogen and oxygen atoms in total. The van der Waals surface area contributed by atoms with E-state index in [9.17, 15) is 4.79 Å². The van der Waals surface area contributed by atoms with Crippen LogP contribution >= 0.6 is 0 Å². The van der Waals surface area contributed by atoms with E-state index < -0.39 is 0 Å². The molecule has 7 heteroatoms. The maximum atomic E-state index is 12.4. The highest BCUT2D eigenvalue weighted by Crippen LogP contribution is 2.19. The van der Waals surface area contributed by atoms with E-state index in [4.69, 9.17) is 0 Å². The molecule has 104 valence electrons. The lowest BCUT2D eigenvalue weighted by Crippen LogP contribution is -2.45. The molecular weight excluding hydrogens is 244 g/mol. The third-order valence-electron chi connectivity index (χ3n) is 4.01. The van der Waals surface area contributed by atoms with Crippen molar-refractivity contribution < 1.29 is 4.79 Å². The van der Waals surface area contributed by atoms with Gasteiger partial charge in [-0.25, -0.2) is 9.78 Å². The number of hydrogen-bond donors (Lipinski definition) is 1. The largest absolute Gasteiger partial charge is 0.320 e. The monoisotopic (exact) mass is 264 g/mol. The van der Waals surface area contributed by atoms with Crippen molar-refractivity contribution in [3.05, 3.63) is 12.2 Å². The summed E-state index contributed by atoms with van der Waals surface area (Å²) >= 11 is 0. The Labute approximate surface area is 112 Å². The Balaban J connectivity index is 1.63. The molecule has 1 aromatic heterocycles. The predicted molar refractivity (Wildman–Crippen MR) is 69.4 cm³/mol. The summed E-state index contributed by atoms with van der Waals surface area (Å²) in [5.41, 5.74) is 0. The summed E-state index contributed by atoms with van der Waals surface area (Å²) in [6, 6.07) is 0.549. The van der Waals surface area contributed by atoms with Gasteiger partial charge in [-0.2, -0.15) is 5.10 Å². The number of carbonyl (C=O) groups is 1. The molecule has 3 rings (SSSR count). The van der Waals surface area contributed by atoms with Crippen LogP contribution in [0.3, 0.4) is 0 Å². The molecule has 0 spiro atoms. The van der Waals surface area contributed by atoms with E-state index in [1.54, 1.807) is 4.68 Å². The Kier molecular flexibility index (Phi) is 3.37. The summed E-state index contributed by atoms with van der Waals surface area (Å²) < 4.78 is 1.72. The van der Waals surface area contributed by atoms with Gasteiger partial charge < -0.3 is 15.1 Å². The van der Waals surface area contributed by atoms with Crippen molar-refractivity contribution in [2.45, 2.75) is 25.4 Å². The Morgan fingerprint density at radius 1 is 1.37 bits per heavy atom. The quantitative estimate of drug-likeness (QED) is 0.821. The zero-order valence-electron chi connectivity index (χ0n) is 11.2. The zero-order chi connectivity index (χ0) is 13.2. The average molecular weight is 264 g/mol. The summed E-state index contributed by atoms with van der Waals surface area (Å²) in [5, 5.41) is 7.37. The lowest BCUT2D eigenvalue weighted by molar-refractivity contribution is 0.164. The number of aryl methyl sites for hydroxylation is 1. The molecule has 2 fully saturated rings. The van der Waals surface area contributed by atoms with E-state index in [0.29, 0.717) is 12.6 Å². The van der Waals surface area contributed by atoms with Crippen molar-refractivity contribution in [1.29, 1.82) is 0 Å². The molecule has 2 aliphatic rings. The molecule has 0 bridgehead atoms. The Bertz CT molecular complexity index is 453. The molecule has 2 aliphatic heterocycles. The van der Waals surface area contributed by atoms with Crippen molar-refractivity contribution >= 4 is 6.03 Å². The lowest BCUT2D eigenvalue weighted by Gasteiger charge is -2.31. The van der Waals surface area contributed by atoms with Crippen LogP contribution < -0.4 is 5.32 Å². The minimum absolute atomic E-state index is 0.148. The van der Waals surface area contributed by atoms with Gasteiger partial charge in [0.05, 0.1) is 6.54 Å². The number of piperidine rings is 1. The number of nitrogens with one attached hydrogen (secondary N) is 1. The van der Waals surface area contributed by atoms with E-state index in [1.807, 2.05) is 16.8 Å². The molecule has 19 heavy (non-hydrogen) atoms. The van der Waals surface area contributed by atoms with Crippen molar-refractivity contribution in [1.82, 2.24) is 29.9 Å². The molecule has 2 amide bonds. The summed E-state index contributed by atoms with van der Waals surface area (Å²) in [4.78, 5) is 20.5. The van der Waals surface area contributed by atoms with Crippen LogP contribution in [0, 0.1) is 0 Å². The van der Waals surface area contributed by atoms with Crippen LogP contribution in [0.15, 0.2) is 6.33 Å². The van der Waals surface area contributed by atoms with Crippen LogP contribution in [0.5, 0.6) is 0 Å². The second-order valence-corrected chi connectivity index (χ2v) is 5.18. The summed E-state index contributed by atoms with van der Waals surface area (Å²) in [6.45, 7) is 4.20. The fraction of sp³-hybridized carbons (Fsp3) is 0.750. The van der Waals surface area contributed by atoms with Crippen molar-refractivity contribution in [3.63, 3.8) is 0 Å². The van der Waals surface area contributed by atoms with Crippen molar-refractivity contribution in [2.75, 3.05) is 26.2 Å². The number of amides is 2. The molecule has 0 aromatic carbocycles. The molecular formula is C12H20N6O. The van der Waals surface area contributed by atoms with Gasteiger partial charge in [0.2, 0.25) is 0 Å². The average Bonchev–Trinajstić information content (AvgIpc) is 2.99. The fourth-order valence-electron chi connectivity index (χ4n) is 2.84. The Hall–Kier alpha value is -1.63. The van der Waals surface area contributed by atoms with Crippen LogP contribution in [0.25, 0.3) is 0 Å². The van der Waals surface area contributed by atoms with Crippen LogP contribution in [0.2, 0.25) is 0 Å². The summed E-state index contributed by atoms with van der Waals surface area (Å²) in [7, 11) is 1.85. The zero-order valence-corrected chi connectivity index (χ0v) is 11.2. The Morgan fingerprint density at radius 3 is 2.84 bits per heavy atom. The molecule has 2 saturated heterocycles. The standard InChI is InChI=1S/C12H20N6O/c1-16-11(14-9-15-16)8-17-6-7-18(12(17)19)10-2-4-13-5-3-10/h9-10,13H,2-8H2,1H3. The molecule has 1 aromatic rings. The second kappa shape index (κ2) is 5.16. The number of rotatable bonds is 3. The number of nitrogens with zero attached hydrogens (tertiary/aromatic N) is 5. The van der Waals surface area contributed by atoms with Gasteiger partial charge in [0, 0.05) is 26.2 Å². The van der Waals surface area contributed by atoms with Gasteiger partial charge >= 0.3 is 6.03 Å². The Morgan fingerprint density at radius 2 is 2.16 bits per heavy atom. The highest BCUT2D eigenvalue weighted by molar-refractivity contribution is 5.76. The van der Waals surface area contributed by atoms with E-state index in [-0.39, 0.29) is 6.03 Å². The van der Waals surface area contributed by atoms with Gasteiger partial charge in [-0.3, -0.25) is 4.68 Å². The number of urea groups is 1. The van der Waals surface area contributed by atoms with Crippen LogP contribution in [-0.4, -0.2) is 62.8 Å². The number of hydrogen-bond acceptors (Lipinski definition) is 4. The van der Waals surface area contributed by atoms with Gasteiger partial charge in [0.15, 0.2) is 0 Å². The first kappa shape index (κ1) is 12.4. The van der Waals surface area contributed by atoms with Gasteiger partial charge in [-0.05, 0) is 25.9 Å². The minimum atomic E-state index is 0.148. The fourth-order valence-corrected chi connectivity index (χ4v) is 2.84. The second-order valence-electron chi connectivity index (χ2n) is 5.18. The van der Waals surface area contributed by atoms with Crippen LogP contribution in [0.4, 0.5) is 4.79 Å². The predicted octanol–water partition coefficient (Wildman–Crippen LogP) is -0.195. The highest BCUT2D eigenvalue weighted by Gasteiger charge is 2.34. The SMILES string of the molecule is Cn1ncnc1CN1CCN(C2CCNCC2)C1=O. The van der Waals surface area contributed by atoms with Gasteiger partial charge in [-0.15, -0.1) is 0 Å². The third-order valence-corrected chi connectivity index (χ3v) is 4.01. The topological polar surface area (TPSA) is 66.3 Å². The molecule has 0 aliphatic carbocycles. The van der Waals surface area contributed by atoms with Crippen molar-refractivity contribution in [2.24, 2.45) is 7.05 Å². The maximum Gasteiger partial charge on any atom is 0.320 e. The van der Waals surface area contributed by atoms with E-state index >= 15 is 0 Å². The third kappa shape index (κ3) is 2.42.